The lowest BCUT2D eigenvalue weighted by atomic mass is 10.1. The molecule has 1 heterocycles. The third-order valence-corrected chi connectivity index (χ3v) is 4.33. The molecular formula is C14H12ClF3N2S. The van der Waals surface area contributed by atoms with Crippen LogP contribution in [0.3, 0.4) is 0 Å². The maximum Gasteiger partial charge on any atom is 0.416 e. The number of alkyl halides is 3. The lowest BCUT2D eigenvalue weighted by Crippen LogP contribution is -2.14. The molecule has 1 unspecified atom stereocenters. The van der Waals surface area contributed by atoms with E-state index in [4.69, 9.17) is 17.3 Å². The Morgan fingerprint density at radius 1 is 1.19 bits per heavy atom. The van der Waals surface area contributed by atoms with Crippen LogP contribution in [-0.4, -0.2) is 10.7 Å². The van der Waals surface area contributed by atoms with Gasteiger partial charge in [-0.25, -0.2) is 4.98 Å². The second-order valence-electron chi connectivity index (χ2n) is 4.33. The van der Waals surface area contributed by atoms with E-state index in [0.29, 0.717) is 21.4 Å². The molecule has 0 saturated carbocycles. The van der Waals surface area contributed by atoms with Crippen molar-refractivity contribution in [2.24, 2.45) is 5.73 Å². The Kier molecular flexibility index (Phi) is 5.13. The van der Waals surface area contributed by atoms with Crippen molar-refractivity contribution in [3.8, 4) is 0 Å². The predicted molar refractivity (Wildman–Crippen MR) is 78.3 cm³/mol. The van der Waals surface area contributed by atoms with Crippen LogP contribution in [0.15, 0.2) is 47.6 Å². The van der Waals surface area contributed by atoms with Gasteiger partial charge in [0.2, 0.25) is 0 Å². The number of aromatic nitrogens is 1. The SMILES string of the molecule is NC(CSc1ncccc1Cl)c1ccc(C(F)(F)F)cc1. The van der Waals surface area contributed by atoms with E-state index in [1.165, 1.54) is 23.9 Å². The van der Waals surface area contributed by atoms with Gasteiger partial charge < -0.3 is 5.73 Å². The van der Waals surface area contributed by atoms with Gasteiger partial charge in [0.05, 0.1) is 10.6 Å². The molecule has 0 aliphatic rings. The van der Waals surface area contributed by atoms with Crippen molar-refractivity contribution in [3.63, 3.8) is 0 Å². The molecule has 2 nitrogen and oxygen atoms in total. The van der Waals surface area contributed by atoms with Crippen molar-refractivity contribution >= 4 is 23.4 Å². The Balaban J connectivity index is 2.01. The van der Waals surface area contributed by atoms with Gasteiger partial charge >= 0.3 is 6.18 Å². The van der Waals surface area contributed by atoms with Gasteiger partial charge in [-0.05, 0) is 29.8 Å². The second-order valence-corrected chi connectivity index (χ2v) is 5.74. The minimum atomic E-state index is -4.33. The number of nitrogens with zero attached hydrogens (tertiary/aromatic N) is 1. The zero-order chi connectivity index (χ0) is 15.5. The Bertz CT molecular complexity index is 602. The summed E-state index contributed by atoms with van der Waals surface area (Å²) in [4.78, 5) is 4.12. The molecule has 0 bridgehead atoms. The largest absolute Gasteiger partial charge is 0.416 e. The minimum absolute atomic E-state index is 0.393. The molecule has 0 aliphatic heterocycles. The van der Waals surface area contributed by atoms with Crippen LogP contribution in [0.1, 0.15) is 17.2 Å². The van der Waals surface area contributed by atoms with Crippen molar-refractivity contribution in [3.05, 3.63) is 58.7 Å². The number of pyridine rings is 1. The molecule has 0 fully saturated rings. The molecule has 2 rings (SSSR count). The fraction of sp³-hybridized carbons (Fsp3) is 0.214. The lowest BCUT2D eigenvalue weighted by Gasteiger charge is -2.13. The van der Waals surface area contributed by atoms with Gasteiger partial charge in [0.15, 0.2) is 0 Å². The summed E-state index contributed by atoms with van der Waals surface area (Å²) >= 11 is 7.34. The average Bonchev–Trinajstić information content (AvgIpc) is 2.45. The van der Waals surface area contributed by atoms with Crippen molar-refractivity contribution in [2.75, 3.05) is 5.75 Å². The molecule has 112 valence electrons. The van der Waals surface area contributed by atoms with Crippen LogP contribution in [0, 0.1) is 0 Å². The number of hydrogen-bond donors (Lipinski definition) is 1. The Labute approximate surface area is 129 Å². The first-order chi connectivity index (χ1) is 9.88. The summed E-state index contributed by atoms with van der Waals surface area (Å²) in [7, 11) is 0. The number of halogens is 4. The fourth-order valence-electron chi connectivity index (χ4n) is 1.66. The number of thioether (sulfide) groups is 1. The molecule has 1 atom stereocenters. The normalized spacial score (nSPS) is 13.2. The van der Waals surface area contributed by atoms with Crippen LogP contribution in [0.4, 0.5) is 13.2 Å². The topological polar surface area (TPSA) is 38.9 Å². The van der Waals surface area contributed by atoms with E-state index in [1.54, 1.807) is 18.3 Å². The highest BCUT2D eigenvalue weighted by Gasteiger charge is 2.30. The minimum Gasteiger partial charge on any atom is -0.323 e. The van der Waals surface area contributed by atoms with Gasteiger partial charge in [-0.3, -0.25) is 0 Å². The summed E-state index contributed by atoms with van der Waals surface area (Å²) in [5, 5.41) is 1.18. The third kappa shape index (κ3) is 4.36. The van der Waals surface area contributed by atoms with Crippen molar-refractivity contribution in [2.45, 2.75) is 17.2 Å². The van der Waals surface area contributed by atoms with E-state index in [2.05, 4.69) is 4.98 Å². The van der Waals surface area contributed by atoms with Crippen LogP contribution in [0.25, 0.3) is 0 Å². The monoisotopic (exact) mass is 332 g/mol. The van der Waals surface area contributed by atoms with E-state index < -0.39 is 17.8 Å². The first kappa shape index (κ1) is 16.1. The highest BCUT2D eigenvalue weighted by molar-refractivity contribution is 7.99. The summed E-state index contributed by atoms with van der Waals surface area (Å²) in [5.74, 6) is 0.474. The highest BCUT2D eigenvalue weighted by atomic mass is 35.5. The van der Waals surface area contributed by atoms with E-state index >= 15 is 0 Å². The van der Waals surface area contributed by atoms with Crippen LogP contribution in [0.5, 0.6) is 0 Å². The van der Waals surface area contributed by atoms with Crippen molar-refractivity contribution < 1.29 is 13.2 Å². The molecule has 2 aromatic rings. The molecule has 0 spiro atoms. The predicted octanol–water partition coefficient (Wildman–Crippen LogP) is 4.55. The molecule has 0 saturated heterocycles. The highest BCUT2D eigenvalue weighted by Crippen LogP contribution is 2.31. The Hall–Kier alpha value is -1.24. The summed E-state index contributed by atoms with van der Waals surface area (Å²) < 4.78 is 37.4. The van der Waals surface area contributed by atoms with Crippen LogP contribution >= 0.6 is 23.4 Å². The number of nitrogens with two attached hydrogens (primary N) is 1. The van der Waals surface area contributed by atoms with E-state index in [-0.39, 0.29) is 0 Å². The number of benzene rings is 1. The fourth-order valence-corrected chi connectivity index (χ4v) is 2.82. The summed E-state index contributed by atoms with van der Waals surface area (Å²) in [5.41, 5.74) is 5.94. The van der Waals surface area contributed by atoms with E-state index in [0.717, 1.165) is 12.1 Å². The maximum atomic E-state index is 12.5. The molecule has 0 amide bonds. The molecule has 21 heavy (non-hydrogen) atoms. The quantitative estimate of drug-likeness (QED) is 0.835. The van der Waals surface area contributed by atoms with Crippen molar-refractivity contribution in [1.29, 1.82) is 0 Å². The van der Waals surface area contributed by atoms with E-state index in [9.17, 15) is 13.2 Å². The molecule has 0 radical (unpaired) electrons. The molecule has 2 N–H and O–H groups in total. The summed E-state index contributed by atoms with van der Waals surface area (Å²) in [6.07, 6.45) is -2.71. The van der Waals surface area contributed by atoms with Crippen LogP contribution in [0.2, 0.25) is 5.02 Å². The van der Waals surface area contributed by atoms with Crippen molar-refractivity contribution in [1.82, 2.24) is 4.98 Å². The average molecular weight is 333 g/mol. The zero-order valence-electron chi connectivity index (χ0n) is 10.8. The van der Waals surface area contributed by atoms with Crippen LogP contribution < -0.4 is 5.73 Å². The van der Waals surface area contributed by atoms with Gasteiger partial charge in [-0.2, -0.15) is 13.2 Å². The standard InChI is InChI=1S/C14H12ClF3N2S/c15-11-2-1-7-20-13(11)21-8-12(19)9-3-5-10(6-4-9)14(16,17)18/h1-7,12H,8,19H2. The van der Waals surface area contributed by atoms with Gasteiger partial charge in [0.25, 0.3) is 0 Å². The Morgan fingerprint density at radius 3 is 2.43 bits per heavy atom. The first-order valence-corrected chi connectivity index (χ1v) is 7.40. The molecular weight excluding hydrogens is 321 g/mol. The molecule has 1 aromatic carbocycles. The first-order valence-electron chi connectivity index (χ1n) is 6.04. The van der Waals surface area contributed by atoms with Gasteiger partial charge in [-0.1, -0.05) is 23.7 Å². The molecule has 0 aliphatic carbocycles. The number of rotatable bonds is 4. The lowest BCUT2D eigenvalue weighted by molar-refractivity contribution is -0.137. The second kappa shape index (κ2) is 6.68. The summed E-state index contributed by atoms with van der Waals surface area (Å²) in [6, 6.07) is 7.92. The molecule has 7 heteroatoms. The Morgan fingerprint density at radius 2 is 1.86 bits per heavy atom. The summed E-state index contributed by atoms with van der Waals surface area (Å²) in [6.45, 7) is 0. The number of hydrogen-bond acceptors (Lipinski definition) is 3. The zero-order valence-corrected chi connectivity index (χ0v) is 12.3. The van der Waals surface area contributed by atoms with Crippen LogP contribution in [-0.2, 0) is 6.18 Å². The maximum absolute atomic E-state index is 12.5. The van der Waals surface area contributed by atoms with Gasteiger partial charge in [0.1, 0.15) is 5.03 Å². The van der Waals surface area contributed by atoms with Gasteiger partial charge in [0, 0.05) is 18.0 Å². The third-order valence-electron chi connectivity index (χ3n) is 2.79. The van der Waals surface area contributed by atoms with Gasteiger partial charge in [-0.15, -0.1) is 11.8 Å². The smallest absolute Gasteiger partial charge is 0.323 e. The van der Waals surface area contributed by atoms with E-state index in [1.807, 2.05) is 0 Å². The molecule has 1 aromatic heterocycles.